The lowest BCUT2D eigenvalue weighted by Crippen LogP contribution is -2.43. The number of carbonyl (C=O) groups excluding carboxylic acids is 2. The third kappa shape index (κ3) is 2.04. The van der Waals surface area contributed by atoms with Gasteiger partial charge in [-0.25, -0.2) is 4.79 Å². The summed E-state index contributed by atoms with van der Waals surface area (Å²) < 4.78 is 4.94. The fourth-order valence-electron chi connectivity index (χ4n) is 3.66. The first-order valence-corrected chi connectivity index (χ1v) is 7.94. The minimum Gasteiger partial charge on any atom is -0.467 e. The highest BCUT2D eigenvalue weighted by Crippen LogP contribution is 2.43. The highest BCUT2D eigenvalue weighted by Gasteiger charge is 2.50. The van der Waals surface area contributed by atoms with Gasteiger partial charge in [0.05, 0.1) is 12.0 Å². The maximum Gasteiger partial charge on any atom is 0.328 e. The third-order valence-electron chi connectivity index (χ3n) is 4.65. The van der Waals surface area contributed by atoms with Gasteiger partial charge in [0, 0.05) is 6.54 Å². The summed E-state index contributed by atoms with van der Waals surface area (Å²) in [5.74, 6) is 0.472. The first-order valence-electron chi connectivity index (χ1n) is 7.06. The van der Waals surface area contributed by atoms with Crippen molar-refractivity contribution in [2.24, 2.45) is 11.8 Å². The summed E-state index contributed by atoms with van der Waals surface area (Å²) in [6.45, 7) is 2.63. The van der Waals surface area contributed by atoms with Crippen LogP contribution in [0.25, 0.3) is 0 Å². The SMILES string of the molecule is COC(=O)[C@@H]1[C@H]2CCC[C@H]2CN1C(=O)c1sccc1C. The van der Waals surface area contributed by atoms with Gasteiger partial charge in [0.2, 0.25) is 0 Å². The minimum absolute atomic E-state index is 0.0118. The van der Waals surface area contributed by atoms with Crippen molar-refractivity contribution in [1.82, 2.24) is 4.90 Å². The Morgan fingerprint density at radius 2 is 2.20 bits per heavy atom. The van der Waals surface area contributed by atoms with Crippen LogP contribution in [-0.4, -0.2) is 36.5 Å². The fraction of sp³-hybridized carbons (Fsp3) is 0.600. The van der Waals surface area contributed by atoms with E-state index in [1.54, 1.807) is 4.90 Å². The van der Waals surface area contributed by atoms with Crippen molar-refractivity contribution in [1.29, 1.82) is 0 Å². The normalized spacial score (nSPS) is 28.5. The molecule has 0 spiro atoms. The molecule has 1 aromatic heterocycles. The fourth-order valence-corrected chi connectivity index (χ4v) is 4.54. The Labute approximate surface area is 122 Å². The van der Waals surface area contributed by atoms with Crippen LogP contribution < -0.4 is 0 Å². The first-order chi connectivity index (χ1) is 9.63. The van der Waals surface area contributed by atoms with Crippen molar-refractivity contribution in [2.75, 3.05) is 13.7 Å². The van der Waals surface area contributed by atoms with Crippen LogP contribution >= 0.6 is 11.3 Å². The van der Waals surface area contributed by atoms with Gasteiger partial charge in [0.1, 0.15) is 6.04 Å². The average Bonchev–Trinajstić information content (AvgIpc) is 3.11. The van der Waals surface area contributed by atoms with Crippen LogP contribution in [0, 0.1) is 18.8 Å². The second kappa shape index (κ2) is 5.20. The van der Waals surface area contributed by atoms with Crippen molar-refractivity contribution in [3.63, 3.8) is 0 Å². The Balaban J connectivity index is 1.90. The molecule has 3 rings (SSSR count). The van der Waals surface area contributed by atoms with E-state index in [9.17, 15) is 9.59 Å². The molecule has 3 atom stereocenters. The van der Waals surface area contributed by atoms with E-state index in [2.05, 4.69) is 0 Å². The van der Waals surface area contributed by atoms with E-state index >= 15 is 0 Å². The topological polar surface area (TPSA) is 46.6 Å². The van der Waals surface area contributed by atoms with Crippen molar-refractivity contribution in [3.05, 3.63) is 21.9 Å². The summed E-state index contributed by atoms with van der Waals surface area (Å²) in [7, 11) is 1.41. The number of esters is 1. The second-order valence-electron chi connectivity index (χ2n) is 5.71. The molecular weight excluding hydrogens is 274 g/mol. The Kier molecular flexibility index (Phi) is 3.54. The first kappa shape index (κ1) is 13.6. The largest absolute Gasteiger partial charge is 0.467 e. The second-order valence-corrected chi connectivity index (χ2v) is 6.63. The Morgan fingerprint density at radius 1 is 1.40 bits per heavy atom. The molecule has 0 N–H and O–H groups in total. The van der Waals surface area contributed by atoms with Crippen LogP contribution in [0.5, 0.6) is 0 Å². The van der Waals surface area contributed by atoms with Gasteiger partial charge in [-0.15, -0.1) is 11.3 Å². The number of hydrogen-bond acceptors (Lipinski definition) is 4. The van der Waals surface area contributed by atoms with Gasteiger partial charge in [-0.2, -0.15) is 0 Å². The summed E-state index contributed by atoms with van der Waals surface area (Å²) in [6.07, 6.45) is 3.30. The molecule has 1 aliphatic heterocycles. The number of likely N-dealkylation sites (tertiary alicyclic amines) is 1. The van der Waals surface area contributed by atoms with Gasteiger partial charge in [0.15, 0.2) is 0 Å². The molecule has 108 valence electrons. The Morgan fingerprint density at radius 3 is 2.85 bits per heavy atom. The predicted molar refractivity (Wildman–Crippen MR) is 76.7 cm³/mol. The van der Waals surface area contributed by atoms with E-state index in [-0.39, 0.29) is 23.8 Å². The van der Waals surface area contributed by atoms with Crippen molar-refractivity contribution in [2.45, 2.75) is 32.2 Å². The van der Waals surface area contributed by atoms with Crippen LogP contribution in [0.3, 0.4) is 0 Å². The smallest absolute Gasteiger partial charge is 0.328 e. The lowest BCUT2D eigenvalue weighted by atomic mass is 9.94. The van der Waals surface area contributed by atoms with E-state index in [0.717, 1.165) is 29.7 Å². The number of amides is 1. The van der Waals surface area contributed by atoms with Crippen LogP contribution in [-0.2, 0) is 9.53 Å². The van der Waals surface area contributed by atoms with Gasteiger partial charge in [-0.1, -0.05) is 6.42 Å². The predicted octanol–water partition coefficient (Wildman–Crippen LogP) is 2.47. The molecule has 1 saturated carbocycles. The standard InChI is InChI=1S/C15H19NO3S/c1-9-6-7-20-13(9)14(17)16-8-10-4-3-5-11(10)12(16)15(18)19-2/h6-7,10-12H,3-5,8H2,1-2H3/t10-,11-,12-/m0/s1. The number of methoxy groups -OCH3 is 1. The molecule has 2 heterocycles. The molecule has 0 radical (unpaired) electrons. The maximum atomic E-state index is 12.7. The van der Waals surface area contributed by atoms with Gasteiger partial charge < -0.3 is 9.64 Å². The van der Waals surface area contributed by atoms with Crippen LogP contribution in [0.4, 0.5) is 0 Å². The highest BCUT2D eigenvalue weighted by atomic mass is 32.1. The zero-order valence-electron chi connectivity index (χ0n) is 11.8. The van der Waals surface area contributed by atoms with Gasteiger partial charge in [0.25, 0.3) is 5.91 Å². The minimum atomic E-state index is -0.388. The van der Waals surface area contributed by atoms with Gasteiger partial charge >= 0.3 is 5.97 Å². The number of ether oxygens (including phenoxy) is 1. The quantitative estimate of drug-likeness (QED) is 0.787. The van der Waals surface area contributed by atoms with E-state index in [0.29, 0.717) is 12.5 Å². The van der Waals surface area contributed by atoms with E-state index in [1.165, 1.54) is 18.4 Å². The number of hydrogen-bond donors (Lipinski definition) is 0. The maximum absolute atomic E-state index is 12.7. The monoisotopic (exact) mass is 293 g/mol. The number of thiophene rings is 1. The molecule has 1 amide bonds. The van der Waals surface area contributed by atoms with Crippen molar-refractivity contribution >= 4 is 23.2 Å². The molecule has 20 heavy (non-hydrogen) atoms. The summed E-state index contributed by atoms with van der Waals surface area (Å²) >= 11 is 1.45. The Hall–Kier alpha value is -1.36. The summed E-state index contributed by atoms with van der Waals surface area (Å²) in [5, 5.41) is 1.92. The number of carbonyl (C=O) groups is 2. The molecular formula is C15H19NO3S. The zero-order chi connectivity index (χ0) is 14.3. The van der Waals surface area contributed by atoms with E-state index < -0.39 is 0 Å². The van der Waals surface area contributed by atoms with E-state index in [4.69, 9.17) is 4.74 Å². The van der Waals surface area contributed by atoms with E-state index in [1.807, 2.05) is 18.4 Å². The van der Waals surface area contributed by atoms with Gasteiger partial charge in [-0.3, -0.25) is 4.79 Å². The third-order valence-corrected chi connectivity index (χ3v) is 5.65. The molecule has 2 aliphatic rings. The highest BCUT2D eigenvalue weighted by molar-refractivity contribution is 7.12. The number of aryl methyl sites for hydroxylation is 1. The molecule has 1 aromatic rings. The molecule has 0 aromatic carbocycles. The molecule has 5 heteroatoms. The summed E-state index contributed by atoms with van der Waals surface area (Å²) in [5.41, 5.74) is 0.987. The molecule has 0 unspecified atom stereocenters. The molecule has 4 nitrogen and oxygen atoms in total. The molecule has 0 bridgehead atoms. The number of rotatable bonds is 2. The average molecular weight is 293 g/mol. The van der Waals surface area contributed by atoms with Crippen LogP contribution in [0.15, 0.2) is 11.4 Å². The van der Waals surface area contributed by atoms with Crippen molar-refractivity contribution < 1.29 is 14.3 Å². The molecule has 1 saturated heterocycles. The van der Waals surface area contributed by atoms with Crippen LogP contribution in [0.1, 0.15) is 34.5 Å². The van der Waals surface area contributed by atoms with Crippen molar-refractivity contribution in [3.8, 4) is 0 Å². The Bertz CT molecular complexity index is 539. The summed E-state index contributed by atoms with van der Waals surface area (Å²) in [6, 6.07) is 1.56. The summed E-state index contributed by atoms with van der Waals surface area (Å²) in [4.78, 5) is 27.3. The number of fused-ring (bicyclic) bond motifs is 1. The molecule has 1 aliphatic carbocycles. The lowest BCUT2D eigenvalue weighted by molar-refractivity contribution is -0.146. The van der Waals surface area contributed by atoms with Crippen LogP contribution in [0.2, 0.25) is 0 Å². The zero-order valence-corrected chi connectivity index (χ0v) is 12.6. The molecule has 2 fully saturated rings. The number of nitrogens with zero attached hydrogens (tertiary/aromatic N) is 1. The lowest BCUT2D eigenvalue weighted by Gasteiger charge is -2.25. The van der Waals surface area contributed by atoms with Gasteiger partial charge in [-0.05, 0) is 48.6 Å².